The Morgan fingerprint density at radius 3 is 2.56 bits per heavy atom. The maximum absolute atomic E-state index is 11.6. The second kappa shape index (κ2) is 7.84. The number of carbonyl (C=O) groups is 1. The Kier molecular flexibility index (Phi) is 6.39. The second-order valence-electron chi connectivity index (χ2n) is 4.10. The van der Waals surface area contributed by atoms with Gasteiger partial charge in [-0.1, -0.05) is 13.0 Å². The van der Waals surface area contributed by atoms with Crippen molar-refractivity contribution in [1.82, 2.24) is 0 Å². The fraction of sp³-hybridized carbons (Fsp3) is 0.500. The molecule has 4 heteroatoms. The lowest BCUT2D eigenvalue weighted by molar-refractivity contribution is -0.247. The summed E-state index contributed by atoms with van der Waals surface area (Å²) >= 11 is 0. The maximum atomic E-state index is 11.6. The lowest BCUT2D eigenvalue weighted by Gasteiger charge is -2.06. The van der Waals surface area contributed by atoms with E-state index in [-0.39, 0.29) is 6.61 Å². The van der Waals surface area contributed by atoms with Gasteiger partial charge in [0, 0.05) is 6.61 Å². The van der Waals surface area contributed by atoms with E-state index in [1.807, 2.05) is 26.8 Å². The monoisotopic (exact) mass is 252 g/mol. The number of ether oxygens (including phenoxy) is 1. The number of benzene rings is 1. The highest BCUT2D eigenvalue weighted by molar-refractivity contribution is 5.89. The average Bonchev–Trinajstić information content (AvgIpc) is 2.36. The van der Waals surface area contributed by atoms with Crippen LogP contribution in [0.1, 0.15) is 34.8 Å². The second-order valence-corrected chi connectivity index (χ2v) is 4.10. The van der Waals surface area contributed by atoms with Gasteiger partial charge in [-0.2, -0.15) is 4.89 Å². The van der Waals surface area contributed by atoms with Gasteiger partial charge in [-0.05, 0) is 43.5 Å². The van der Waals surface area contributed by atoms with Crippen LogP contribution in [-0.2, 0) is 14.5 Å². The van der Waals surface area contributed by atoms with E-state index in [0.717, 1.165) is 17.5 Å². The molecule has 18 heavy (non-hydrogen) atoms. The molecular formula is C14H20O4. The molecule has 1 aromatic rings. The van der Waals surface area contributed by atoms with Crippen LogP contribution in [0.4, 0.5) is 0 Å². The largest absolute Gasteiger partial charge is 0.379 e. The molecule has 0 spiro atoms. The molecule has 0 fully saturated rings. The van der Waals surface area contributed by atoms with Crippen molar-refractivity contribution in [2.45, 2.75) is 27.2 Å². The van der Waals surface area contributed by atoms with E-state index in [4.69, 9.17) is 9.62 Å². The first-order valence-electron chi connectivity index (χ1n) is 6.14. The third kappa shape index (κ3) is 4.85. The summed E-state index contributed by atoms with van der Waals surface area (Å²) in [5, 5.41) is 0. The van der Waals surface area contributed by atoms with E-state index >= 15 is 0 Å². The molecule has 0 N–H and O–H groups in total. The lowest BCUT2D eigenvalue weighted by atomic mass is 10.1. The minimum atomic E-state index is -0.478. The summed E-state index contributed by atoms with van der Waals surface area (Å²) in [6.07, 6.45) is 0.961. The Hall–Kier alpha value is -1.39. The van der Waals surface area contributed by atoms with Gasteiger partial charge in [0.2, 0.25) is 0 Å². The Bertz CT molecular complexity index is 387. The molecule has 0 aliphatic carbocycles. The summed E-state index contributed by atoms with van der Waals surface area (Å²) in [5.41, 5.74) is 2.68. The van der Waals surface area contributed by atoms with E-state index in [1.54, 1.807) is 12.1 Å². The summed E-state index contributed by atoms with van der Waals surface area (Å²) in [4.78, 5) is 21.1. The first kappa shape index (κ1) is 14.7. The standard InChI is InChI=1S/C14H20O4/c1-4-7-16-8-9-17-18-14(15)13-6-5-11(2)12(3)10-13/h5-6,10H,4,7-9H2,1-3H3. The van der Waals surface area contributed by atoms with Gasteiger partial charge >= 0.3 is 5.97 Å². The summed E-state index contributed by atoms with van der Waals surface area (Å²) in [6.45, 7) is 7.33. The summed E-state index contributed by atoms with van der Waals surface area (Å²) in [5.74, 6) is -0.478. The molecule has 0 amide bonds. The topological polar surface area (TPSA) is 44.8 Å². The van der Waals surface area contributed by atoms with Gasteiger partial charge in [-0.25, -0.2) is 4.79 Å². The predicted molar refractivity (Wildman–Crippen MR) is 68.4 cm³/mol. The van der Waals surface area contributed by atoms with Crippen LogP contribution < -0.4 is 0 Å². The zero-order valence-electron chi connectivity index (χ0n) is 11.2. The number of hydrogen-bond donors (Lipinski definition) is 0. The molecule has 100 valence electrons. The molecule has 0 heterocycles. The molecule has 0 atom stereocenters. The van der Waals surface area contributed by atoms with Gasteiger partial charge in [-0.15, -0.1) is 0 Å². The molecule has 0 aliphatic heterocycles. The number of carbonyl (C=O) groups excluding carboxylic acids is 1. The lowest BCUT2D eigenvalue weighted by Crippen LogP contribution is -2.10. The van der Waals surface area contributed by atoms with Crippen molar-refractivity contribution < 1.29 is 19.3 Å². The first-order chi connectivity index (χ1) is 8.65. The van der Waals surface area contributed by atoms with Crippen molar-refractivity contribution in [3.8, 4) is 0 Å². The molecule has 0 bridgehead atoms. The van der Waals surface area contributed by atoms with Crippen LogP contribution in [0.3, 0.4) is 0 Å². The highest BCUT2D eigenvalue weighted by Crippen LogP contribution is 2.10. The van der Waals surface area contributed by atoms with Crippen molar-refractivity contribution in [2.24, 2.45) is 0 Å². The number of rotatable bonds is 7. The van der Waals surface area contributed by atoms with Gasteiger partial charge in [0.1, 0.15) is 6.61 Å². The Morgan fingerprint density at radius 2 is 1.89 bits per heavy atom. The Balaban J connectivity index is 2.30. The van der Waals surface area contributed by atoms with Crippen LogP contribution in [0.15, 0.2) is 18.2 Å². The van der Waals surface area contributed by atoms with Crippen LogP contribution >= 0.6 is 0 Å². The van der Waals surface area contributed by atoms with Crippen molar-refractivity contribution in [2.75, 3.05) is 19.8 Å². The van der Waals surface area contributed by atoms with E-state index in [2.05, 4.69) is 4.89 Å². The third-order valence-corrected chi connectivity index (χ3v) is 2.54. The summed E-state index contributed by atoms with van der Waals surface area (Å²) < 4.78 is 5.19. The molecule has 1 aromatic carbocycles. The highest BCUT2D eigenvalue weighted by atomic mass is 17.2. The predicted octanol–water partition coefficient (Wildman–Crippen LogP) is 2.82. The van der Waals surface area contributed by atoms with Crippen molar-refractivity contribution in [3.05, 3.63) is 34.9 Å². The van der Waals surface area contributed by atoms with Crippen LogP contribution in [0, 0.1) is 13.8 Å². The van der Waals surface area contributed by atoms with E-state index in [1.165, 1.54) is 0 Å². The SMILES string of the molecule is CCCOCCOOC(=O)c1ccc(C)c(C)c1. The van der Waals surface area contributed by atoms with Crippen molar-refractivity contribution >= 4 is 5.97 Å². The van der Waals surface area contributed by atoms with Crippen LogP contribution in [0.25, 0.3) is 0 Å². The van der Waals surface area contributed by atoms with Crippen LogP contribution in [-0.4, -0.2) is 25.8 Å². The normalized spacial score (nSPS) is 10.4. The van der Waals surface area contributed by atoms with Crippen molar-refractivity contribution in [1.29, 1.82) is 0 Å². The average molecular weight is 252 g/mol. The molecule has 4 nitrogen and oxygen atoms in total. The molecule has 0 aliphatic rings. The first-order valence-corrected chi connectivity index (χ1v) is 6.14. The zero-order chi connectivity index (χ0) is 13.4. The van der Waals surface area contributed by atoms with Crippen LogP contribution in [0.5, 0.6) is 0 Å². The molecular weight excluding hydrogens is 232 g/mol. The smallest absolute Gasteiger partial charge is 0.373 e. The summed E-state index contributed by atoms with van der Waals surface area (Å²) in [7, 11) is 0. The van der Waals surface area contributed by atoms with Gasteiger partial charge in [-0.3, -0.25) is 4.89 Å². The molecule has 1 rings (SSSR count). The fourth-order valence-corrected chi connectivity index (χ4v) is 1.35. The Morgan fingerprint density at radius 1 is 1.11 bits per heavy atom. The van der Waals surface area contributed by atoms with Gasteiger partial charge < -0.3 is 4.74 Å². The fourth-order valence-electron chi connectivity index (χ4n) is 1.35. The molecule has 0 aromatic heterocycles. The number of aryl methyl sites for hydroxylation is 2. The molecule has 0 saturated carbocycles. The summed E-state index contributed by atoms with van der Waals surface area (Å²) in [6, 6.07) is 5.40. The quantitative estimate of drug-likeness (QED) is 0.425. The highest BCUT2D eigenvalue weighted by Gasteiger charge is 2.09. The van der Waals surface area contributed by atoms with E-state index in [0.29, 0.717) is 18.8 Å². The van der Waals surface area contributed by atoms with Crippen molar-refractivity contribution in [3.63, 3.8) is 0 Å². The maximum Gasteiger partial charge on any atom is 0.373 e. The molecule has 0 unspecified atom stereocenters. The molecule has 0 saturated heterocycles. The van der Waals surface area contributed by atoms with Gasteiger partial charge in [0.25, 0.3) is 0 Å². The molecule has 0 radical (unpaired) electrons. The van der Waals surface area contributed by atoms with Gasteiger partial charge in [0.05, 0.1) is 12.2 Å². The van der Waals surface area contributed by atoms with E-state index in [9.17, 15) is 4.79 Å². The van der Waals surface area contributed by atoms with E-state index < -0.39 is 5.97 Å². The minimum Gasteiger partial charge on any atom is -0.379 e. The Labute approximate surface area is 108 Å². The van der Waals surface area contributed by atoms with Gasteiger partial charge in [0.15, 0.2) is 0 Å². The number of hydrogen-bond acceptors (Lipinski definition) is 4. The third-order valence-electron chi connectivity index (χ3n) is 2.54. The zero-order valence-corrected chi connectivity index (χ0v) is 11.2. The van der Waals surface area contributed by atoms with Crippen LogP contribution in [0.2, 0.25) is 0 Å². The minimum absolute atomic E-state index is 0.247.